The van der Waals surface area contributed by atoms with Crippen LogP contribution in [0.1, 0.15) is 0 Å². The topological polar surface area (TPSA) is 84.9 Å². The molecule has 2 heterocycles. The molecule has 0 spiro atoms. The zero-order valence-corrected chi connectivity index (χ0v) is 8.75. The second-order valence-corrected chi connectivity index (χ2v) is 3.94. The molecule has 2 aromatic heterocycles. The van der Waals surface area contributed by atoms with Crippen LogP contribution in [0.15, 0.2) is 30.3 Å². The number of fused-ring (bicyclic) bond motifs is 2. The van der Waals surface area contributed by atoms with Crippen LogP contribution in [-0.2, 0) is 0 Å². The molecule has 0 aliphatic carbocycles. The molecular weight excluding hydrogens is 216 g/mol. The third kappa shape index (κ3) is 0.963. The Bertz CT molecular complexity index is 856. The van der Waals surface area contributed by atoms with Crippen LogP contribution >= 0.6 is 0 Å². The number of rotatable bonds is 0. The number of tetrazole rings is 1. The van der Waals surface area contributed by atoms with Gasteiger partial charge in [-0.15, -0.1) is 0 Å². The number of anilines is 1. The number of hydrogen-bond donors (Lipinski definition) is 2. The fourth-order valence-corrected chi connectivity index (χ4v) is 2.24. The van der Waals surface area contributed by atoms with E-state index in [1.165, 1.54) is 0 Å². The van der Waals surface area contributed by atoms with E-state index in [4.69, 9.17) is 5.73 Å². The van der Waals surface area contributed by atoms with Gasteiger partial charge in [-0.3, -0.25) is 0 Å². The molecule has 0 fully saturated rings. The molecule has 6 heteroatoms. The lowest BCUT2D eigenvalue weighted by Gasteiger charge is -2.08. The molecule has 0 saturated carbocycles. The van der Waals surface area contributed by atoms with Crippen LogP contribution in [0, 0.1) is 0 Å². The fraction of sp³-hybridized carbons (Fsp3) is 0. The van der Waals surface area contributed by atoms with Crippen molar-refractivity contribution in [2.45, 2.75) is 0 Å². The van der Waals surface area contributed by atoms with Crippen molar-refractivity contribution in [2.75, 3.05) is 5.73 Å². The van der Waals surface area contributed by atoms with Crippen LogP contribution in [0.4, 0.5) is 5.69 Å². The third-order valence-electron chi connectivity index (χ3n) is 3.00. The molecule has 4 rings (SSSR count). The van der Waals surface area contributed by atoms with E-state index in [-0.39, 0.29) is 0 Å². The van der Waals surface area contributed by atoms with E-state index in [9.17, 15) is 0 Å². The average Bonchev–Trinajstić information content (AvgIpc) is 2.82. The first-order valence-electron chi connectivity index (χ1n) is 5.21. The van der Waals surface area contributed by atoms with E-state index in [0.29, 0.717) is 5.78 Å². The van der Waals surface area contributed by atoms with Crippen LogP contribution < -0.4 is 5.73 Å². The Morgan fingerprint density at radius 3 is 3.06 bits per heavy atom. The lowest BCUT2D eigenvalue weighted by Crippen LogP contribution is -1.97. The molecule has 6 nitrogen and oxygen atoms in total. The standard InChI is InChI=1S/C11H8N6/c12-7-4-5-8-10-6(7)2-1-3-9(10)17-11(13-8)14-15-16-17/h1-5H,12H2,(H,13,14,16). The van der Waals surface area contributed by atoms with Gasteiger partial charge in [0.25, 0.3) is 5.78 Å². The monoisotopic (exact) mass is 224 g/mol. The quantitative estimate of drug-likeness (QED) is 0.441. The highest BCUT2D eigenvalue weighted by Gasteiger charge is 2.10. The van der Waals surface area contributed by atoms with Crippen LogP contribution in [0.25, 0.3) is 27.6 Å². The summed E-state index contributed by atoms with van der Waals surface area (Å²) in [6.45, 7) is 0. The Kier molecular flexibility index (Phi) is 1.37. The smallest absolute Gasteiger partial charge is 0.252 e. The minimum atomic E-state index is 0.620. The number of benzene rings is 2. The Morgan fingerprint density at radius 2 is 2.12 bits per heavy atom. The maximum atomic E-state index is 5.98. The number of nitrogens with two attached hydrogens (primary N) is 1. The summed E-state index contributed by atoms with van der Waals surface area (Å²) in [5, 5.41) is 13.6. The third-order valence-corrected chi connectivity index (χ3v) is 3.00. The minimum Gasteiger partial charge on any atom is -0.398 e. The molecule has 0 amide bonds. The molecule has 0 bridgehead atoms. The normalized spacial score (nSPS) is 11.8. The van der Waals surface area contributed by atoms with Crippen LogP contribution in [0.3, 0.4) is 0 Å². The van der Waals surface area contributed by atoms with Gasteiger partial charge in [0.1, 0.15) is 0 Å². The Balaban J connectivity index is 2.46. The van der Waals surface area contributed by atoms with Gasteiger partial charge in [0.2, 0.25) is 0 Å². The summed E-state index contributed by atoms with van der Waals surface area (Å²) in [6.07, 6.45) is 0. The van der Waals surface area contributed by atoms with Gasteiger partial charge >= 0.3 is 0 Å². The predicted octanol–water partition coefficient (Wildman–Crippen LogP) is 1.34. The van der Waals surface area contributed by atoms with E-state index in [1.807, 2.05) is 30.3 Å². The van der Waals surface area contributed by atoms with E-state index in [0.717, 1.165) is 27.5 Å². The highest BCUT2D eigenvalue weighted by atomic mass is 15.5. The second-order valence-electron chi connectivity index (χ2n) is 3.94. The molecule has 0 aliphatic heterocycles. The van der Waals surface area contributed by atoms with Gasteiger partial charge < -0.3 is 10.7 Å². The van der Waals surface area contributed by atoms with Gasteiger partial charge in [0, 0.05) is 16.5 Å². The zero-order valence-electron chi connectivity index (χ0n) is 8.75. The molecule has 0 aliphatic rings. The maximum Gasteiger partial charge on any atom is 0.252 e. The number of aromatic nitrogens is 5. The molecule has 0 radical (unpaired) electrons. The van der Waals surface area contributed by atoms with Gasteiger partial charge in [0.15, 0.2) is 0 Å². The lowest BCUT2D eigenvalue weighted by atomic mass is 10.1. The maximum absolute atomic E-state index is 5.98. The van der Waals surface area contributed by atoms with E-state index in [2.05, 4.69) is 20.5 Å². The van der Waals surface area contributed by atoms with Gasteiger partial charge in [-0.05, 0) is 28.6 Å². The largest absolute Gasteiger partial charge is 0.398 e. The van der Waals surface area contributed by atoms with Crippen LogP contribution in [-0.4, -0.2) is 25.0 Å². The van der Waals surface area contributed by atoms with Crippen molar-refractivity contribution in [3.05, 3.63) is 30.3 Å². The summed E-state index contributed by atoms with van der Waals surface area (Å²) in [5.74, 6) is 0.620. The molecule has 4 aromatic rings. The number of nitrogens with one attached hydrogen (secondary N) is 1. The highest BCUT2D eigenvalue weighted by Crippen LogP contribution is 2.29. The summed E-state index contributed by atoms with van der Waals surface area (Å²) in [4.78, 5) is 3.18. The lowest BCUT2D eigenvalue weighted by molar-refractivity contribution is 0.841. The van der Waals surface area contributed by atoms with E-state index >= 15 is 0 Å². The average molecular weight is 224 g/mol. The van der Waals surface area contributed by atoms with Crippen molar-refractivity contribution in [1.29, 1.82) is 0 Å². The highest BCUT2D eigenvalue weighted by molar-refractivity contribution is 6.12. The van der Waals surface area contributed by atoms with Crippen molar-refractivity contribution in [2.24, 2.45) is 0 Å². The first-order valence-corrected chi connectivity index (χ1v) is 5.21. The summed E-state index contributed by atoms with van der Waals surface area (Å²) in [7, 11) is 0. The first-order chi connectivity index (χ1) is 8.34. The number of aromatic amines is 1. The SMILES string of the molecule is Nc1ccc2[nH]c3nnnn3c3cccc1c23. The number of nitrogen functional groups attached to an aromatic ring is 1. The Labute approximate surface area is 95.0 Å². The molecule has 3 N–H and O–H groups in total. The predicted molar refractivity (Wildman–Crippen MR) is 64.6 cm³/mol. The van der Waals surface area contributed by atoms with E-state index in [1.54, 1.807) is 4.52 Å². The van der Waals surface area contributed by atoms with Crippen molar-refractivity contribution in [1.82, 2.24) is 25.0 Å². The number of nitrogens with zero attached hydrogens (tertiary/aromatic N) is 4. The summed E-state index contributed by atoms with van der Waals surface area (Å²) in [6, 6.07) is 9.75. The molecule has 0 saturated heterocycles. The molecule has 2 aromatic carbocycles. The first kappa shape index (κ1) is 8.51. The van der Waals surface area contributed by atoms with Crippen molar-refractivity contribution < 1.29 is 0 Å². The number of hydrogen-bond acceptors (Lipinski definition) is 4. The zero-order chi connectivity index (χ0) is 11.4. The van der Waals surface area contributed by atoms with Gasteiger partial charge in [-0.1, -0.05) is 17.2 Å². The fourth-order valence-electron chi connectivity index (χ4n) is 2.24. The van der Waals surface area contributed by atoms with Crippen molar-refractivity contribution in [3.63, 3.8) is 0 Å². The molecular formula is C11H8N6. The number of H-pyrrole nitrogens is 1. The summed E-state index contributed by atoms with van der Waals surface area (Å²) >= 11 is 0. The molecule has 0 unspecified atom stereocenters. The Hall–Kier alpha value is -2.63. The van der Waals surface area contributed by atoms with Gasteiger partial charge in [0.05, 0.1) is 11.0 Å². The molecule has 82 valence electrons. The van der Waals surface area contributed by atoms with Gasteiger partial charge in [-0.25, -0.2) is 0 Å². The molecule has 17 heavy (non-hydrogen) atoms. The Morgan fingerprint density at radius 1 is 1.18 bits per heavy atom. The summed E-state index contributed by atoms with van der Waals surface area (Å²) < 4.78 is 1.68. The van der Waals surface area contributed by atoms with Crippen molar-refractivity contribution >= 4 is 33.3 Å². The molecule has 0 atom stereocenters. The summed E-state index contributed by atoms with van der Waals surface area (Å²) in [5.41, 5.74) is 8.66. The minimum absolute atomic E-state index is 0.620. The van der Waals surface area contributed by atoms with Crippen molar-refractivity contribution in [3.8, 4) is 0 Å². The van der Waals surface area contributed by atoms with Crippen LogP contribution in [0.2, 0.25) is 0 Å². The second kappa shape index (κ2) is 2.73. The van der Waals surface area contributed by atoms with E-state index < -0.39 is 0 Å². The van der Waals surface area contributed by atoms with Gasteiger partial charge in [-0.2, -0.15) is 4.52 Å². The van der Waals surface area contributed by atoms with Crippen LogP contribution in [0.5, 0.6) is 0 Å².